The number of pyridine rings is 2. The van der Waals surface area contributed by atoms with E-state index in [-0.39, 0.29) is 17.2 Å². The van der Waals surface area contributed by atoms with Gasteiger partial charge >= 0.3 is 0 Å². The maximum absolute atomic E-state index is 13.1. The van der Waals surface area contributed by atoms with E-state index in [2.05, 4.69) is 27.3 Å². The van der Waals surface area contributed by atoms with Gasteiger partial charge in [0.1, 0.15) is 17.3 Å². The molecular formula is C25H25N5O3. The second-order valence-electron chi connectivity index (χ2n) is 8.42. The Morgan fingerprint density at radius 3 is 2.45 bits per heavy atom. The van der Waals surface area contributed by atoms with Gasteiger partial charge in [-0.05, 0) is 48.7 Å². The van der Waals surface area contributed by atoms with Gasteiger partial charge < -0.3 is 20.4 Å². The molecule has 5 rings (SSSR count). The highest BCUT2D eigenvalue weighted by Gasteiger charge is 2.22. The quantitative estimate of drug-likeness (QED) is 0.407. The van der Waals surface area contributed by atoms with E-state index >= 15 is 0 Å². The lowest BCUT2D eigenvalue weighted by molar-refractivity contribution is -0.0421. The third-order valence-electron chi connectivity index (χ3n) is 6.01. The molecule has 0 unspecified atom stereocenters. The zero-order valence-electron chi connectivity index (χ0n) is 18.4. The zero-order chi connectivity index (χ0) is 23.1. The summed E-state index contributed by atoms with van der Waals surface area (Å²) in [4.78, 5) is 24.3. The van der Waals surface area contributed by atoms with Crippen molar-refractivity contribution in [3.63, 3.8) is 0 Å². The monoisotopic (exact) mass is 443 g/mol. The van der Waals surface area contributed by atoms with E-state index in [4.69, 9.17) is 4.98 Å². The van der Waals surface area contributed by atoms with Crippen LogP contribution in [0.4, 0.5) is 11.6 Å². The van der Waals surface area contributed by atoms with Crippen LogP contribution in [-0.2, 0) is 13.1 Å². The first-order chi connectivity index (χ1) is 15.9. The number of nitrogens with zero attached hydrogens (tertiary/aromatic N) is 4. The van der Waals surface area contributed by atoms with Gasteiger partial charge in [-0.25, -0.2) is 9.97 Å². The van der Waals surface area contributed by atoms with Gasteiger partial charge in [-0.15, -0.1) is 0 Å². The number of hydrogen-bond donors (Lipinski definition) is 3. The fourth-order valence-corrected chi connectivity index (χ4v) is 4.36. The molecule has 33 heavy (non-hydrogen) atoms. The summed E-state index contributed by atoms with van der Waals surface area (Å²) in [6.07, 6.45) is 1.72. The number of fused-ring (bicyclic) bond motifs is 2. The van der Waals surface area contributed by atoms with E-state index in [9.17, 15) is 15.0 Å². The molecule has 0 fully saturated rings. The molecule has 1 aliphatic heterocycles. The Kier molecular flexibility index (Phi) is 5.32. The van der Waals surface area contributed by atoms with Crippen LogP contribution in [0.2, 0.25) is 0 Å². The van der Waals surface area contributed by atoms with Crippen molar-refractivity contribution >= 4 is 17.3 Å². The summed E-state index contributed by atoms with van der Waals surface area (Å²) in [5.74, 6) is 1.01. The predicted molar refractivity (Wildman–Crippen MR) is 126 cm³/mol. The van der Waals surface area contributed by atoms with Crippen LogP contribution in [0, 0.1) is 6.92 Å². The Labute approximate surface area is 190 Å². The molecule has 0 bridgehead atoms. The fourth-order valence-electron chi connectivity index (χ4n) is 4.36. The van der Waals surface area contributed by atoms with Gasteiger partial charge in [0.05, 0.1) is 6.04 Å². The summed E-state index contributed by atoms with van der Waals surface area (Å²) >= 11 is 0. The molecule has 0 spiro atoms. The van der Waals surface area contributed by atoms with Gasteiger partial charge in [0.25, 0.3) is 5.56 Å². The van der Waals surface area contributed by atoms with Crippen LogP contribution in [0.5, 0.6) is 0 Å². The number of hydrogen-bond acceptors (Lipinski definition) is 7. The average molecular weight is 444 g/mol. The van der Waals surface area contributed by atoms with Crippen molar-refractivity contribution in [3.8, 4) is 0 Å². The Bertz CT molecular complexity index is 1370. The van der Waals surface area contributed by atoms with Gasteiger partial charge in [-0.2, -0.15) is 0 Å². The van der Waals surface area contributed by atoms with E-state index in [0.29, 0.717) is 30.4 Å². The van der Waals surface area contributed by atoms with Crippen LogP contribution in [0.3, 0.4) is 0 Å². The summed E-state index contributed by atoms with van der Waals surface area (Å²) in [6.45, 7) is 5.28. The molecule has 168 valence electrons. The van der Waals surface area contributed by atoms with Crippen molar-refractivity contribution in [2.75, 3.05) is 10.2 Å². The fraction of sp³-hybridized carbons (Fsp3) is 0.240. The first-order valence-electron chi connectivity index (χ1n) is 10.8. The first kappa shape index (κ1) is 21.1. The maximum atomic E-state index is 13.1. The zero-order valence-corrected chi connectivity index (χ0v) is 18.4. The minimum atomic E-state index is -1.65. The average Bonchev–Trinajstić information content (AvgIpc) is 3.23. The first-order valence-corrected chi connectivity index (χ1v) is 10.8. The molecule has 3 aromatic heterocycles. The molecule has 8 heteroatoms. The van der Waals surface area contributed by atoms with Gasteiger partial charge in [-0.3, -0.25) is 9.20 Å². The van der Waals surface area contributed by atoms with E-state index in [0.717, 1.165) is 11.1 Å². The minimum Gasteiger partial charge on any atom is -0.364 e. The molecule has 0 radical (unpaired) electrons. The largest absolute Gasteiger partial charge is 0.364 e. The molecule has 1 atom stereocenters. The molecule has 4 aromatic rings. The molecule has 4 heterocycles. The Hall–Kier alpha value is -3.75. The third-order valence-corrected chi connectivity index (χ3v) is 6.01. The smallest absolute Gasteiger partial charge is 0.259 e. The summed E-state index contributed by atoms with van der Waals surface area (Å²) < 4.78 is 1.57. The number of aliphatic hydroxyl groups excluding tert-OH is 1. The number of aliphatic hydroxyl groups is 2. The highest BCUT2D eigenvalue weighted by Crippen LogP contribution is 2.29. The van der Waals surface area contributed by atoms with Crippen LogP contribution in [0.25, 0.3) is 5.65 Å². The lowest BCUT2D eigenvalue weighted by atomic mass is 10.1. The van der Waals surface area contributed by atoms with Gasteiger partial charge in [0.15, 0.2) is 6.29 Å². The predicted octanol–water partition coefficient (Wildman–Crippen LogP) is 3.07. The van der Waals surface area contributed by atoms with Crippen LogP contribution in [-0.4, -0.2) is 24.6 Å². The maximum Gasteiger partial charge on any atom is 0.259 e. The van der Waals surface area contributed by atoms with Crippen molar-refractivity contribution in [2.45, 2.75) is 39.3 Å². The molecule has 0 aliphatic carbocycles. The highest BCUT2D eigenvalue weighted by atomic mass is 16.5. The number of nitrogens with one attached hydrogen (secondary N) is 1. The van der Waals surface area contributed by atoms with Crippen LogP contribution < -0.4 is 15.8 Å². The molecule has 8 nitrogen and oxygen atoms in total. The SMILES string of the molecule is Cc1cc([C@@H](C)Nc2ncccc2C(O)O)c2nc(N3Cc4ccccc4C3)cc(=O)n2c1. The van der Waals surface area contributed by atoms with Gasteiger partial charge in [0, 0.05) is 42.7 Å². The number of rotatable bonds is 5. The van der Waals surface area contributed by atoms with Gasteiger partial charge in [-0.1, -0.05) is 24.3 Å². The van der Waals surface area contributed by atoms with Crippen LogP contribution in [0.15, 0.2) is 65.7 Å². The van der Waals surface area contributed by atoms with E-state index < -0.39 is 6.29 Å². The Morgan fingerprint density at radius 1 is 1.03 bits per heavy atom. The number of anilines is 2. The molecule has 1 aliphatic rings. The lowest BCUT2D eigenvalue weighted by Crippen LogP contribution is -2.23. The normalized spacial score (nSPS) is 14.0. The van der Waals surface area contributed by atoms with E-state index in [1.165, 1.54) is 11.1 Å². The summed E-state index contributed by atoms with van der Waals surface area (Å²) in [6, 6.07) is 14.8. The van der Waals surface area contributed by atoms with Gasteiger partial charge in [0.2, 0.25) is 0 Å². The van der Waals surface area contributed by atoms with E-state index in [1.54, 1.807) is 35.0 Å². The van der Waals surface area contributed by atoms with Crippen molar-refractivity contribution in [1.29, 1.82) is 0 Å². The molecule has 1 aromatic carbocycles. The number of benzene rings is 1. The van der Waals surface area contributed by atoms with Crippen LogP contribution >= 0.6 is 0 Å². The molecule has 0 amide bonds. The van der Waals surface area contributed by atoms with Crippen molar-refractivity contribution < 1.29 is 10.2 Å². The molecule has 3 N–H and O–H groups in total. The standard InChI is InChI=1S/C25H25N5O3/c1-15-10-20(16(2)27-23-19(25(32)33)8-5-9-26-23)24-28-21(11-22(31)30(24)12-15)29-13-17-6-3-4-7-18(17)14-29/h3-12,16,25,32-33H,13-14H2,1-2H3,(H,26,27)/t16-/m1/s1. The second kappa shape index (κ2) is 8.31. The third kappa shape index (κ3) is 3.94. The van der Waals surface area contributed by atoms with Crippen molar-refractivity contribution in [3.05, 3.63) is 99.1 Å². The lowest BCUT2D eigenvalue weighted by Gasteiger charge is -2.21. The Balaban J connectivity index is 1.56. The molecular weight excluding hydrogens is 418 g/mol. The van der Waals surface area contributed by atoms with Crippen LogP contribution in [0.1, 0.15) is 47.1 Å². The highest BCUT2D eigenvalue weighted by molar-refractivity contribution is 5.59. The topological polar surface area (TPSA) is 103 Å². The second-order valence-corrected chi connectivity index (χ2v) is 8.42. The molecule has 0 saturated heterocycles. The Morgan fingerprint density at radius 2 is 1.76 bits per heavy atom. The number of aromatic nitrogens is 3. The summed E-state index contributed by atoms with van der Waals surface area (Å²) in [5, 5.41) is 22.6. The van der Waals surface area contributed by atoms with Crippen molar-refractivity contribution in [2.24, 2.45) is 0 Å². The summed E-state index contributed by atoms with van der Waals surface area (Å²) in [5.41, 5.74) is 4.90. The number of aryl methyl sites for hydroxylation is 1. The van der Waals surface area contributed by atoms with Crippen molar-refractivity contribution in [1.82, 2.24) is 14.4 Å². The summed E-state index contributed by atoms with van der Waals surface area (Å²) in [7, 11) is 0. The molecule has 0 saturated carbocycles. The minimum absolute atomic E-state index is 0.146. The van der Waals surface area contributed by atoms with E-state index in [1.807, 2.05) is 32.0 Å².